The third kappa shape index (κ3) is 4.29. The molecule has 0 bridgehead atoms. The van der Waals surface area contributed by atoms with E-state index in [4.69, 9.17) is 0 Å². The molecular formula is C30H26Cl2Hf-2. The number of fused-ring (bicyclic) bond motifs is 6. The summed E-state index contributed by atoms with van der Waals surface area (Å²) in [5.41, 5.74) is 17.8. The van der Waals surface area contributed by atoms with Crippen LogP contribution in [0.2, 0.25) is 0 Å². The van der Waals surface area contributed by atoms with E-state index in [1.54, 1.807) is 11.1 Å². The molecule has 166 valence electrons. The van der Waals surface area contributed by atoms with E-state index in [0.717, 1.165) is 25.7 Å². The van der Waals surface area contributed by atoms with Gasteiger partial charge in [0.25, 0.3) is 0 Å². The summed E-state index contributed by atoms with van der Waals surface area (Å²) in [6.07, 6.45) is 4.39. The van der Waals surface area contributed by atoms with Crippen LogP contribution in [0.15, 0.2) is 72.8 Å². The van der Waals surface area contributed by atoms with Crippen molar-refractivity contribution >= 4 is 0 Å². The second-order valence-electron chi connectivity index (χ2n) is 8.96. The Bertz CT molecular complexity index is 1220. The van der Waals surface area contributed by atoms with Crippen molar-refractivity contribution in [3.05, 3.63) is 117 Å². The van der Waals surface area contributed by atoms with E-state index >= 15 is 0 Å². The van der Waals surface area contributed by atoms with E-state index in [9.17, 15) is 0 Å². The molecule has 6 rings (SSSR count). The van der Waals surface area contributed by atoms with Crippen LogP contribution in [-0.2, 0) is 51.5 Å². The average Bonchev–Trinajstić information content (AvgIpc) is 3.34. The van der Waals surface area contributed by atoms with Crippen molar-refractivity contribution in [2.75, 3.05) is 0 Å². The van der Waals surface area contributed by atoms with E-state index in [0.29, 0.717) is 0 Å². The zero-order valence-corrected chi connectivity index (χ0v) is 24.1. The van der Waals surface area contributed by atoms with Crippen LogP contribution >= 0.6 is 0 Å². The van der Waals surface area contributed by atoms with E-state index in [-0.39, 0.29) is 50.7 Å². The van der Waals surface area contributed by atoms with E-state index < -0.39 is 0 Å². The van der Waals surface area contributed by atoms with Crippen LogP contribution in [0, 0.1) is 13.8 Å². The minimum atomic E-state index is 0. The third-order valence-electron chi connectivity index (χ3n) is 7.21. The molecule has 0 saturated carbocycles. The Hall–Kier alpha value is -1.67. The summed E-state index contributed by atoms with van der Waals surface area (Å²) < 4.78 is 0. The number of rotatable bonds is 3. The maximum Gasteiger partial charge on any atom is 0 e. The summed E-state index contributed by atoms with van der Waals surface area (Å²) in [4.78, 5) is 0. The topological polar surface area (TPSA) is 0 Å². The Morgan fingerprint density at radius 3 is 1.36 bits per heavy atom. The molecule has 0 amide bonds. The molecule has 0 fully saturated rings. The van der Waals surface area contributed by atoms with Crippen LogP contribution in [0.4, 0.5) is 0 Å². The van der Waals surface area contributed by atoms with Crippen LogP contribution in [0.25, 0.3) is 22.3 Å². The first kappa shape index (κ1) is 25.9. The second kappa shape index (κ2) is 10.3. The molecule has 3 heteroatoms. The fraction of sp³-hybridized carbons (Fsp3) is 0.200. The van der Waals surface area contributed by atoms with Crippen molar-refractivity contribution in [2.24, 2.45) is 0 Å². The fourth-order valence-corrected chi connectivity index (χ4v) is 5.73. The molecule has 0 unspecified atom stereocenters. The Morgan fingerprint density at radius 2 is 0.939 bits per heavy atom. The fourth-order valence-electron chi connectivity index (χ4n) is 5.73. The zero-order valence-electron chi connectivity index (χ0n) is 19.0. The van der Waals surface area contributed by atoms with Crippen LogP contribution in [0.5, 0.6) is 0 Å². The molecule has 4 aromatic rings. The first-order valence-electron chi connectivity index (χ1n) is 11.1. The van der Waals surface area contributed by atoms with Gasteiger partial charge in [-0.3, -0.25) is 0 Å². The van der Waals surface area contributed by atoms with Crippen molar-refractivity contribution in [3.63, 3.8) is 0 Å². The summed E-state index contributed by atoms with van der Waals surface area (Å²) in [6.45, 7) is 4.52. The van der Waals surface area contributed by atoms with Gasteiger partial charge in [-0.25, -0.2) is 0 Å². The van der Waals surface area contributed by atoms with E-state index in [1.165, 1.54) is 55.6 Å². The predicted molar refractivity (Wildman–Crippen MR) is 126 cm³/mol. The van der Waals surface area contributed by atoms with Crippen LogP contribution in [0.1, 0.15) is 44.5 Å². The van der Waals surface area contributed by atoms with Gasteiger partial charge in [-0.1, -0.05) is 72.8 Å². The van der Waals surface area contributed by atoms with Gasteiger partial charge in [0.15, 0.2) is 0 Å². The summed E-state index contributed by atoms with van der Waals surface area (Å²) in [7, 11) is 0. The molecule has 4 aromatic carbocycles. The predicted octanol–water partition coefficient (Wildman–Crippen LogP) is 1.24. The number of aryl methyl sites for hydroxylation is 4. The summed E-state index contributed by atoms with van der Waals surface area (Å²) in [6, 6.07) is 27.3. The summed E-state index contributed by atoms with van der Waals surface area (Å²) in [5.74, 6) is 0. The Morgan fingerprint density at radius 1 is 0.545 bits per heavy atom. The minimum absolute atomic E-state index is 0. The smallest absolute Gasteiger partial charge is 0 e. The molecular weight excluding hydrogens is 610 g/mol. The number of benzene rings is 4. The second-order valence-corrected chi connectivity index (χ2v) is 8.96. The molecule has 33 heavy (non-hydrogen) atoms. The van der Waals surface area contributed by atoms with Crippen molar-refractivity contribution in [3.8, 4) is 22.3 Å². The quantitative estimate of drug-likeness (QED) is 0.257. The molecule has 2 aliphatic rings. The Balaban J connectivity index is 0.00000102. The van der Waals surface area contributed by atoms with Gasteiger partial charge in [0.1, 0.15) is 0 Å². The van der Waals surface area contributed by atoms with Crippen molar-refractivity contribution in [2.45, 2.75) is 39.5 Å². The SMILES string of the molecule is Cc1ccc(CCc2ccc(C)c3c2Cc2ccccc2-3)c2c1-c1ccccc1C2.[Cl-].[Cl-].[Hf]. The molecule has 0 heterocycles. The normalized spacial score (nSPS) is 11.8. The van der Waals surface area contributed by atoms with Gasteiger partial charge in [0.05, 0.1) is 0 Å². The molecule has 0 aromatic heterocycles. The summed E-state index contributed by atoms with van der Waals surface area (Å²) in [5, 5.41) is 0. The number of hydrogen-bond acceptors (Lipinski definition) is 0. The maximum absolute atomic E-state index is 2.38. The number of halogens is 2. The van der Waals surface area contributed by atoms with Crippen molar-refractivity contribution < 1.29 is 50.7 Å². The first-order valence-corrected chi connectivity index (χ1v) is 11.1. The largest absolute Gasteiger partial charge is 1.00 e. The monoisotopic (exact) mass is 636 g/mol. The Kier molecular flexibility index (Phi) is 8.10. The van der Waals surface area contributed by atoms with E-state index in [1.807, 2.05) is 0 Å². The first-order chi connectivity index (χ1) is 14.7. The van der Waals surface area contributed by atoms with Crippen LogP contribution < -0.4 is 24.8 Å². The molecule has 2 aliphatic carbocycles. The molecule has 0 atom stereocenters. The third-order valence-corrected chi connectivity index (χ3v) is 7.21. The van der Waals surface area contributed by atoms with Gasteiger partial charge in [-0.15, -0.1) is 0 Å². The molecule has 0 saturated heterocycles. The van der Waals surface area contributed by atoms with Gasteiger partial charge in [-0.05, 0) is 106 Å². The Labute approximate surface area is 228 Å². The van der Waals surface area contributed by atoms with Gasteiger partial charge in [0, 0.05) is 25.8 Å². The number of hydrogen-bond donors (Lipinski definition) is 0. The zero-order chi connectivity index (χ0) is 20.2. The van der Waals surface area contributed by atoms with Crippen molar-refractivity contribution in [1.82, 2.24) is 0 Å². The molecule has 0 N–H and O–H groups in total. The van der Waals surface area contributed by atoms with Crippen LogP contribution in [0.3, 0.4) is 0 Å². The van der Waals surface area contributed by atoms with Gasteiger partial charge >= 0.3 is 0 Å². The standard InChI is InChI=1S/C30H26.2ClH.Hf/c1-19-11-13-21(27-17-23-7-3-5-9-25(23)29(19)27)15-16-22-14-12-20(2)30-26-10-6-4-8-24(26)18-28(22)30;;;/h3-14H,15-18H2,1-2H3;2*1H;/p-2. The molecule has 0 aliphatic heterocycles. The van der Waals surface area contributed by atoms with Gasteiger partial charge in [0.2, 0.25) is 0 Å². The maximum atomic E-state index is 2.38. The molecule has 0 spiro atoms. The van der Waals surface area contributed by atoms with Gasteiger partial charge < -0.3 is 24.8 Å². The van der Waals surface area contributed by atoms with Crippen LogP contribution in [-0.4, -0.2) is 0 Å². The van der Waals surface area contributed by atoms with E-state index in [2.05, 4.69) is 86.6 Å². The average molecular weight is 636 g/mol. The summed E-state index contributed by atoms with van der Waals surface area (Å²) >= 11 is 0. The van der Waals surface area contributed by atoms with Crippen molar-refractivity contribution in [1.29, 1.82) is 0 Å². The minimum Gasteiger partial charge on any atom is -1.00 e. The molecule has 0 radical (unpaired) electrons. The molecule has 0 nitrogen and oxygen atoms in total. The van der Waals surface area contributed by atoms with Gasteiger partial charge in [-0.2, -0.15) is 0 Å².